The molecule has 24 heteroatoms. The molecule has 6 aliphatic heterocycles. The Bertz CT molecular complexity index is 4340. The van der Waals surface area contributed by atoms with Crippen LogP contribution in [0.1, 0.15) is 319 Å². The molecule has 2 spiro atoms. The zero-order valence-corrected chi connectivity index (χ0v) is 81.9. The van der Waals surface area contributed by atoms with Crippen molar-refractivity contribution in [3.8, 4) is 5.88 Å². The molecule has 8 heterocycles. The predicted molar refractivity (Wildman–Crippen MR) is 494 cm³/mol. The molecular formula is C101H160N8O16. The molecule has 24 nitrogen and oxygen atoms in total. The third-order valence-corrected chi connectivity index (χ3v) is 25.9. The van der Waals surface area contributed by atoms with Crippen LogP contribution in [0.3, 0.4) is 0 Å². The first-order valence-corrected chi connectivity index (χ1v) is 46.6. The van der Waals surface area contributed by atoms with E-state index in [-0.39, 0.29) is 96.4 Å². The van der Waals surface area contributed by atoms with Crippen molar-refractivity contribution in [1.29, 1.82) is 0 Å². The zero-order valence-electron chi connectivity index (χ0n) is 81.9. The largest absolute Gasteiger partial charge is 0.462 e. The average Bonchev–Trinajstić information content (AvgIpc) is 1.78. The van der Waals surface area contributed by atoms with E-state index in [9.17, 15) is 33.6 Å². The van der Waals surface area contributed by atoms with Crippen LogP contribution in [0.5, 0.6) is 5.88 Å². The minimum Gasteiger partial charge on any atom is -0.462 e. The summed E-state index contributed by atoms with van der Waals surface area (Å²) in [7, 11) is 0. The number of likely N-dealkylation sites (tertiary alicyclic amines) is 4. The molecule has 10 rings (SSSR count). The van der Waals surface area contributed by atoms with Crippen molar-refractivity contribution in [3.63, 3.8) is 0 Å². The molecular weight excluding hydrogens is 1580 g/mol. The lowest BCUT2D eigenvalue weighted by Crippen LogP contribution is -2.55. The van der Waals surface area contributed by atoms with E-state index >= 15 is 0 Å². The SMILES string of the molecule is CC1O[C@H](COC(=O)C(C)(C)C)[C@@H](OC(=O)C(C)(C)C)[C@H](C)[C@H]1C.Cc1cc(/C=C/CCN2CCCC3(CCN(C(=O)OC(C)(C)C)CC3)C2)ccc1Cc1c(C(C)C)[nH][nH]c1=O.Cc1cc(/C=C/CCN2CCCC3(CCN(C(=O)OC(C)(C)C)CC3)C2)ccc1Cc1c(O[C@@H]2O[C@H](COC(=O)C(C)(C)C)[C@@H](OC(=O)C(C)(C)C)[C@H](C)[C@H]2C)n[nH]c1C(C)C. The number of amides is 2. The van der Waals surface area contributed by atoms with E-state index in [2.05, 4.69) is 146 Å². The second-order valence-corrected chi connectivity index (χ2v) is 43.9. The van der Waals surface area contributed by atoms with Crippen LogP contribution in [0, 0.1) is 70.0 Å². The van der Waals surface area contributed by atoms with Crippen molar-refractivity contribution in [2.24, 2.45) is 56.2 Å². The summed E-state index contributed by atoms with van der Waals surface area (Å²) in [6.45, 7) is 66.0. The number of benzene rings is 2. The van der Waals surface area contributed by atoms with E-state index in [1.165, 1.54) is 59.1 Å². The van der Waals surface area contributed by atoms with Crippen LogP contribution in [0.2, 0.25) is 0 Å². The van der Waals surface area contributed by atoms with Gasteiger partial charge >= 0.3 is 36.1 Å². The van der Waals surface area contributed by atoms with Crippen LogP contribution in [0.15, 0.2) is 53.3 Å². The van der Waals surface area contributed by atoms with Crippen LogP contribution in [-0.4, -0.2) is 203 Å². The Balaban J connectivity index is 0.000000260. The van der Waals surface area contributed by atoms with Crippen molar-refractivity contribution < 1.29 is 71.4 Å². The molecule has 2 aromatic carbocycles. The van der Waals surface area contributed by atoms with E-state index in [0.29, 0.717) is 29.6 Å². The molecule has 2 aromatic heterocycles. The zero-order chi connectivity index (χ0) is 92.9. The van der Waals surface area contributed by atoms with E-state index in [4.69, 9.17) is 42.6 Å². The molecule has 125 heavy (non-hydrogen) atoms. The van der Waals surface area contributed by atoms with Crippen molar-refractivity contribution in [2.45, 2.75) is 338 Å². The molecule has 6 fully saturated rings. The van der Waals surface area contributed by atoms with E-state index in [1.807, 2.05) is 134 Å². The molecule has 10 atom stereocenters. The Labute approximate surface area is 748 Å². The van der Waals surface area contributed by atoms with Gasteiger partial charge < -0.3 is 67.3 Å². The van der Waals surface area contributed by atoms with Crippen molar-refractivity contribution in [3.05, 3.63) is 115 Å². The molecule has 700 valence electrons. The van der Waals surface area contributed by atoms with Crippen molar-refractivity contribution >= 4 is 48.2 Å². The predicted octanol–water partition coefficient (Wildman–Crippen LogP) is 19.7. The van der Waals surface area contributed by atoms with Gasteiger partial charge in [-0.1, -0.05) is 116 Å². The monoisotopic (exact) mass is 1740 g/mol. The lowest BCUT2D eigenvalue weighted by molar-refractivity contribution is -0.252. The number of aryl methyl sites for hydroxylation is 2. The van der Waals surface area contributed by atoms with Gasteiger partial charge in [-0.2, -0.15) is 0 Å². The van der Waals surface area contributed by atoms with Gasteiger partial charge in [-0.15, -0.1) is 5.10 Å². The second-order valence-electron chi connectivity index (χ2n) is 43.9. The van der Waals surface area contributed by atoms with E-state index in [0.717, 1.165) is 126 Å². The van der Waals surface area contributed by atoms with Gasteiger partial charge in [0.1, 0.15) is 48.8 Å². The first kappa shape index (κ1) is 103. The van der Waals surface area contributed by atoms with Gasteiger partial charge in [0.15, 0.2) is 0 Å². The number of aromatic nitrogens is 4. The summed E-state index contributed by atoms with van der Waals surface area (Å²) in [6, 6.07) is 13.2. The Morgan fingerprint density at radius 3 is 1.30 bits per heavy atom. The number of nitrogens with one attached hydrogen (secondary N) is 3. The number of ether oxygens (including phenoxy) is 9. The van der Waals surface area contributed by atoms with Gasteiger partial charge in [-0.05, 0) is 285 Å². The summed E-state index contributed by atoms with van der Waals surface area (Å²) >= 11 is 0. The number of rotatable bonds is 22. The highest BCUT2D eigenvalue weighted by molar-refractivity contribution is 5.77. The van der Waals surface area contributed by atoms with Gasteiger partial charge in [-0.25, -0.2) is 9.59 Å². The molecule has 0 radical (unpaired) electrons. The second kappa shape index (κ2) is 43.1. The summed E-state index contributed by atoms with van der Waals surface area (Å²) in [5, 5.41) is 13.7. The van der Waals surface area contributed by atoms with Crippen LogP contribution in [0.25, 0.3) is 12.2 Å². The summed E-state index contributed by atoms with van der Waals surface area (Å²) < 4.78 is 53.4. The maximum Gasteiger partial charge on any atom is 0.410 e. The number of carbonyl (C=O) groups is 6. The van der Waals surface area contributed by atoms with Crippen molar-refractivity contribution in [1.82, 2.24) is 40.0 Å². The number of piperidine rings is 4. The minimum absolute atomic E-state index is 0.0166. The molecule has 0 saturated carbocycles. The van der Waals surface area contributed by atoms with Gasteiger partial charge in [0.25, 0.3) is 5.56 Å². The van der Waals surface area contributed by atoms with Gasteiger partial charge in [0, 0.05) is 105 Å². The highest BCUT2D eigenvalue weighted by atomic mass is 16.7. The molecule has 1 unspecified atom stereocenters. The summed E-state index contributed by atoms with van der Waals surface area (Å²) in [5.74, 6) is -0.300. The molecule has 0 bridgehead atoms. The third kappa shape index (κ3) is 29.6. The highest BCUT2D eigenvalue weighted by Gasteiger charge is 2.49. The fourth-order valence-corrected chi connectivity index (χ4v) is 17.4. The summed E-state index contributed by atoms with van der Waals surface area (Å²) in [4.78, 5) is 96.7. The number of hydrogen-bond acceptors (Lipinski definition) is 19. The maximum atomic E-state index is 13.1. The number of H-pyrrole nitrogens is 3. The molecule has 6 aliphatic rings. The number of nitrogens with zero attached hydrogens (tertiary/aromatic N) is 5. The summed E-state index contributed by atoms with van der Waals surface area (Å²) in [5.41, 5.74) is 8.08. The number of esters is 4. The van der Waals surface area contributed by atoms with Gasteiger partial charge in [0.05, 0.1) is 27.8 Å². The molecule has 0 aliphatic carbocycles. The van der Waals surface area contributed by atoms with Crippen LogP contribution in [0.4, 0.5) is 9.59 Å². The van der Waals surface area contributed by atoms with Gasteiger partial charge in [-0.3, -0.25) is 34.2 Å². The molecule has 6 saturated heterocycles. The average molecular weight is 1740 g/mol. The topological polar surface area (TPSA) is 276 Å². The first-order valence-electron chi connectivity index (χ1n) is 46.6. The Morgan fingerprint density at radius 2 is 0.904 bits per heavy atom. The first-order chi connectivity index (χ1) is 58.0. The number of aromatic amines is 3. The van der Waals surface area contributed by atoms with E-state index in [1.54, 1.807) is 20.8 Å². The quantitative estimate of drug-likeness (QED) is 0.0487. The molecule has 4 aromatic rings. The van der Waals surface area contributed by atoms with Crippen molar-refractivity contribution in [2.75, 3.05) is 78.7 Å². The molecule has 3 N–H and O–H groups in total. The standard InChI is InChI=1S/C50H78N4O8.C32H48N4O3.C19H34O5/c1-32(2)40-38(42(52-51-40)61-43-35(5)34(4)41(60-45(56)48(9,10)11)39(59-43)30-58-44(55)47(6,7)8)29-37-20-19-36(28-33(37)3)18-15-16-24-53-25-17-21-50(31-53)22-26-54(27-23-50)46(57)62-49(12,13)14;1-23(2)28-27(29(37)34-33-28)21-26-12-11-25(20-24(26)3)10-7-8-16-35-17-9-13-32(22-35)14-18-36(19-15-32)30(38)39-31(4,5)6;1-11-12(2)15(24-17(21)19(7,8)9)14(23-13(11)3)10-22-16(20)18(4,5)6/h15,18-20,28,32,34-35,39,41,43H,16-17,21-27,29-31H2,1-14H3,(H,51,52);7,10-12,20,23H,8-9,13-19,21-22H2,1-6H3,(H2,33,34,37);11-15H,10H2,1-9H3/b18-15+;10-7+;/t34-,35-,39-,41+,43+;;11-,12-,13?,14-,15+/m1.1/s1. The molecule has 2 amide bonds. The fraction of sp³-hybridized carbons (Fsp3) is 0.723. The highest BCUT2D eigenvalue weighted by Crippen LogP contribution is 2.44. The third-order valence-electron chi connectivity index (χ3n) is 25.9. The lowest BCUT2D eigenvalue weighted by Gasteiger charge is -2.47. The summed E-state index contributed by atoms with van der Waals surface area (Å²) in [6.07, 6.45) is 18.2. The smallest absolute Gasteiger partial charge is 0.410 e. The Hall–Kier alpha value is -7.80. The fourth-order valence-electron chi connectivity index (χ4n) is 17.4. The van der Waals surface area contributed by atoms with Crippen LogP contribution >= 0.6 is 0 Å². The van der Waals surface area contributed by atoms with E-state index < -0.39 is 63.6 Å². The van der Waals surface area contributed by atoms with Crippen LogP contribution in [-0.2, 0) is 69.9 Å². The number of carbonyl (C=O) groups excluding carboxylic acids is 6. The minimum atomic E-state index is -0.731. The Kier molecular flexibility index (Phi) is 35.4. The lowest BCUT2D eigenvalue weighted by atomic mass is 9.72. The maximum absolute atomic E-state index is 13.1. The van der Waals surface area contributed by atoms with Crippen LogP contribution < -0.4 is 10.3 Å². The van der Waals surface area contributed by atoms with Gasteiger partial charge in [0.2, 0.25) is 12.2 Å². The Morgan fingerprint density at radius 1 is 0.504 bits per heavy atom. The number of hydrogen-bond donors (Lipinski definition) is 3. The normalized spacial score (nSPS) is 23.6.